The smallest absolute Gasteiger partial charge is 0.119 e. The number of benzene rings is 1. The number of thioether (sulfide) groups is 1. The zero-order chi connectivity index (χ0) is 12.1. The molecule has 0 fully saturated rings. The molecule has 0 atom stereocenters. The molecule has 0 N–H and O–H groups in total. The summed E-state index contributed by atoms with van der Waals surface area (Å²) in [5, 5.41) is 0. The van der Waals surface area contributed by atoms with E-state index in [1.165, 1.54) is 4.90 Å². The Morgan fingerprint density at radius 2 is 2.00 bits per heavy atom. The van der Waals surface area contributed by atoms with Crippen LogP contribution in [0.1, 0.15) is 0 Å². The Kier molecular flexibility index (Phi) is 4.45. The Morgan fingerprint density at radius 3 is 2.65 bits per heavy atom. The van der Waals surface area contributed by atoms with Crippen LogP contribution in [0.25, 0.3) is 5.69 Å². The Hall–Kier alpha value is -1.00. The van der Waals surface area contributed by atoms with Crippen molar-refractivity contribution < 1.29 is 4.74 Å². The van der Waals surface area contributed by atoms with Crippen molar-refractivity contribution in [2.24, 2.45) is 0 Å². The molecule has 0 bridgehead atoms. The first-order chi connectivity index (χ1) is 8.33. The summed E-state index contributed by atoms with van der Waals surface area (Å²) < 4.78 is 7.25. The Morgan fingerprint density at radius 1 is 1.24 bits per heavy atom. The third-order valence-electron chi connectivity index (χ3n) is 2.40. The summed E-state index contributed by atoms with van der Waals surface area (Å²) in [7, 11) is 1.68. The fourth-order valence-corrected chi connectivity index (χ4v) is 2.49. The van der Waals surface area contributed by atoms with Crippen LogP contribution in [-0.2, 0) is 0 Å². The van der Waals surface area contributed by atoms with Gasteiger partial charge in [-0.15, -0.1) is 11.8 Å². The maximum Gasteiger partial charge on any atom is 0.119 e. The van der Waals surface area contributed by atoms with Crippen LogP contribution >= 0.6 is 24.4 Å². The summed E-state index contributed by atoms with van der Waals surface area (Å²) in [5.41, 5.74) is 1.14. The largest absolute Gasteiger partial charge is 0.497 e. The molecular formula is C13H15NOS2. The Bertz CT molecular complexity index is 465. The molecule has 0 aliphatic rings. The van der Waals surface area contributed by atoms with E-state index in [4.69, 9.17) is 4.74 Å². The first-order valence-corrected chi connectivity index (χ1v) is 7.01. The Labute approximate surface area is 111 Å². The molecule has 1 aromatic carbocycles. The number of aromatic nitrogens is 1. The fourth-order valence-electron chi connectivity index (χ4n) is 1.54. The van der Waals surface area contributed by atoms with E-state index in [9.17, 15) is 0 Å². The molecule has 0 spiro atoms. The van der Waals surface area contributed by atoms with Gasteiger partial charge in [-0.2, -0.15) is 12.6 Å². The van der Waals surface area contributed by atoms with Crippen LogP contribution in [0.3, 0.4) is 0 Å². The highest BCUT2D eigenvalue weighted by Gasteiger charge is 2.00. The van der Waals surface area contributed by atoms with E-state index in [1.807, 2.05) is 36.0 Å². The van der Waals surface area contributed by atoms with E-state index in [-0.39, 0.29) is 0 Å². The third kappa shape index (κ3) is 3.23. The lowest BCUT2D eigenvalue weighted by molar-refractivity contribution is 0.415. The van der Waals surface area contributed by atoms with Gasteiger partial charge in [-0.1, -0.05) is 0 Å². The van der Waals surface area contributed by atoms with Gasteiger partial charge in [0.1, 0.15) is 5.75 Å². The Balaban J connectivity index is 2.12. The molecule has 1 aromatic heterocycles. The molecule has 90 valence electrons. The van der Waals surface area contributed by atoms with Gasteiger partial charge in [0.05, 0.1) is 7.11 Å². The van der Waals surface area contributed by atoms with Gasteiger partial charge in [-0.25, -0.2) is 0 Å². The topological polar surface area (TPSA) is 14.2 Å². The third-order valence-corrected chi connectivity index (χ3v) is 3.91. The molecule has 2 rings (SSSR count). The minimum Gasteiger partial charge on any atom is -0.497 e. The molecule has 0 unspecified atom stereocenters. The van der Waals surface area contributed by atoms with Gasteiger partial charge in [-0.3, -0.25) is 0 Å². The molecule has 2 aromatic rings. The van der Waals surface area contributed by atoms with Crippen molar-refractivity contribution in [1.29, 1.82) is 0 Å². The van der Waals surface area contributed by atoms with Crippen LogP contribution in [0.4, 0.5) is 0 Å². The number of thiol groups is 1. The number of nitrogens with zero attached hydrogens (tertiary/aromatic N) is 1. The first kappa shape index (κ1) is 12.5. The lowest BCUT2D eigenvalue weighted by atomic mass is 10.3. The molecule has 2 nitrogen and oxygen atoms in total. The van der Waals surface area contributed by atoms with Gasteiger partial charge in [0.2, 0.25) is 0 Å². The summed E-state index contributed by atoms with van der Waals surface area (Å²) in [4.78, 5) is 1.27. The van der Waals surface area contributed by atoms with Crippen molar-refractivity contribution in [2.75, 3.05) is 18.6 Å². The molecule has 0 aliphatic carbocycles. The van der Waals surface area contributed by atoms with Gasteiger partial charge in [-0.05, 0) is 36.1 Å². The minimum atomic E-state index is 0.880. The van der Waals surface area contributed by atoms with Crippen molar-refractivity contribution in [3.8, 4) is 11.4 Å². The van der Waals surface area contributed by atoms with E-state index in [1.54, 1.807) is 7.11 Å². The standard InChI is InChI=1S/C13H15NOS2/c1-15-12-4-2-11(3-5-12)14-7-6-13(10-14)17-9-8-16/h2-7,10,16H,8-9H2,1H3. The van der Waals surface area contributed by atoms with Crippen LogP contribution < -0.4 is 4.74 Å². The van der Waals surface area contributed by atoms with E-state index < -0.39 is 0 Å². The van der Waals surface area contributed by atoms with Gasteiger partial charge >= 0.3 is 0 Å². The molecule has 17 heavy (non-hydrogen) atoms. The SMILES string of the molecule is COc1ccc(-n2ccc(SCCS)c2)cc1. The maximum atomic E-state index is 5.14. The molecule has 0 saturated carbocycles. The quantitative estimate of drug-likeness (QED) is 0.657. The predicted molar refractivity (Wildman–Crippen MR) is 76.9 cm³/mol. The van der Waals surface area contributed by atoms with Crippen LogP contribution in [0.2, 0.25) is 0 Å². The fraction of sp³-hybridized carbons (Fsp3) is 0.231. The molecule has 0 radical (unpaired) electrons. The van der Waals surface area contributed by atoms with Crippen molar-refractivity contribution >= 4 is 24.4 Å². The number of methoxy groups -OCH3 is 1. The summed E-state index contributed by atoms with van der Waals surface area (Å²) in [6, 6.07) is 10.2. The van der Waals surface area contributed by atoms with Crippen LogP contribution in [0.5, 0.6) is 5.75 Å². The predicted octanol–water partition coefficient (Wildman–Crippen LogP) is 3.51. The number of hydrogen-bond donors (Lipinski definition) is 1. The summed E-state index contributed by atoms with van der Waals surface area (Å²) in [6.07, 6.45) is 4.21. The van der Waals surface area contributed by atoms with E-state index in [0.29, 0.717) is 0 Å². The van der Waals surface area contributed by atoms with Crippen molar-refractivity contribution in [1.82, 2.24) is 4.57 Å². The van der Waals surface area contributed by atoms with Gasteiger partial charge in [0.25, 0.3) is 0 Å². The van der Waals surface area contributed by atoms with Crippen molar-refractivity contribution in [2.45, 2.75) is 4.90 Å². The average molecular weight is 265 g/mol. The first-order valence-electron chi connectivity index (χ1n) is 5.39. The van der Waals surface area contributed by atoms with E-state index >= 15 is 0 Å². The second-order valence-corrected chi connectivity index (χ2v) is 5.14. The van der Waals surface area contributed by atoms with E-state index in [0.717, 1.165) is 22.9 Å². The number of rotatable bonds is 5. The monoisotopic (exact) mass is 265 g/mol. The van der Waals surface area contributed by atoms with Crippen LogP contribution in [0.15, 0.2) is 47.6 Å². The average Bonchev–Trinajstić information content (AvgIpc) is 2.85. The zero-order valence-electron chi connectivity index (χ0n) is 9.67. The number of ether oxygens (including phenoxy) is 1. The molecule has 0 aliphatic heterocycles. The lowest BCUT2D eigenvalue weighted by Gasteiger charge is -2.04. The highest BCUT2D eigenvalue weighted by atomic mass is 32.2. The van der Waals surface area contributed by atoms with Gasteiger partial charge < -0.3 is 9.30 Å². The lowest BCUT2D eigenvalue weighted by Crippen LogP contribution is -1.89. The molecule has 1 heterocycles. The van der Waals surface area contributed by atoms with E-state index in [2.05, 4.69) is 35.7 Å². The van der Waals surface area contributed by atoms with Gasteiger partial charge in [0.15, 0.2) is 0 Å². The molecule has 0 amide bonds. The van der Waals surface area contributed by atoms with Crippen LogP contribution in [0, 0.1) is 0 Å². The summed E-state index contributed by atoms with van der Waals surface area (Å²) in [5.74, 6) is 2.82. The second kappa shape index (κ2) is 6.07. The highest BCUT2D eigenvalue weighted by molar-refractivity contribution is 8.00. The molecule has 4 heteroatoms. The molecular weight excluding hydrogens is 250 g/mol. The highest BCUT2D eigenvalue weighted by Crippen LogP contribution is 2.21. The van der Waals surface area contributed by atoms with Crippen LogP contribution in [-0.4, -0.2) is 23.2 Å². The van der Waals surface area contributed by atoms with Gasteiger partial charge in [0, 0.05) is 28.7 Å². The second-order valence-electron chi connectivity index (χ2n) is 3.52. The van der Waals surface area contributed by atoms with Crippen molar-refractivity contribution in [3.05, 3.63) is 42.7 Å². The normalized spacial score (nSPS) is 10.5. The summed E-state index contributed by atoms with van der Waals surface area (Å²) >= 11 is 6.03. The minimum absolute atomic E-state index is 0.880. The zero-order valence-corrected chi connectivity index (χ0v) is 11.4. The number of hydrogen-bond acceptors (Lipinski definition) is 3. The maximum absolute atomic E-state index is 5.14. The molecule has 0 saturated heterocycles. The summed E-state index contributed by atoms with van der Waals surface area (Å²) in [6.45, 7) is 0. The van der Waals surface area contributed by atoms with Crippen molar-refractivity contribution in [3.63, 3.8) is 0 Å².